The summed E-state index contributed by atoms with van der Waals surface area (Å²) in [6.07, 6.45) is 0.0366. The fourth-order valence-corrected chi connectivity index (χ4v) is 0.654. The molecule has 0 saturated carbocycles. The van der Waals surface area contributed by atoms with E-state index in [1.807, 2.05) is 0 Å². The highest BCUT2D eigenvalue weighted by atomic mass is 35.5. The third-order valence-electron chi connectivity index (χ3n) is 1.40. The molecule has 0 aromatic heterocycles. The lowest BCUT2D eigenvalue weighted by atomic mass is 10.2. The SMILES string of the molecule is Cl.Cl.NCCC/C(F)=C(\F)C(N)C(=O)O. The first-order valence-electron chi connectivity index (χ1n) is 3.73. The van der Waals surface area contributed by atoms with Crippen LogP contribution >= 0.6 is 24.8 Å². The third kappa shape index (κ3) is 7.49. The van der Waals surface area contributed by atoms with Crippen LogP contribution in [0.25, 0.3) is 0 Å². The zero-order valence-electron chi connectivity index (χ0n) is 7.78. The van der Waals surface area contributed by atoms with Crippen molar-refractivity contribution in [1.29, 1.82) is 0 Å². The predicted molar refractivity (Wildman–Crippen MR) is 57.6 cm³/mol. The van der Waals surface area contributed by atoms with Crippen molar-refractivity contribution in [3.63, 3.8) is 0 Å². The Kier molecular flexibility index (Phi) is 13.5. The van der Waals surface area contributed by atoms with Gasteiger partial charge in [-0.15, -0.1) is 24.8 Å². The summed E-state index contributed by atoms with van der Waals surface area (Å²) in [6.45, 7) is 0.211. The molecule has 0 heterocycles. The van der Waals surface area contributed by atoms with Crippen LogP contribution in [0.4, 0.5) is 8.78 Å². The van der Waals surface area contributed by atoms with Crippen LogP contribution in [-0.4, -0.2) is 23.7 Å². The van der Waals surface area contributed by atoms with E-state index in [-0.39, 0.29) is 44.2 Å². The minimum atomic E-state index is -1.92. The van der Waals surface area contributed by atoms with Crippen LogP contribution in [0.3, 0.4) is 0 Å². The molecular formula is C7H14Cl2F2N2O2. The van der Waals surface area contributed by atoms with Crippen LogP contribution < -0.4 is 11.5 Å². The van der Waals surface area contributed by atoms with Gasteiger partial charge in [0, 0.05) is 6.42 Å². The Morgan fingerprint density at radius 1 is 1.33 bits per heavy atom. The summed E-state index contributed by atoms with van der Waals surface area (Å²) >= 11 is 0. The predicted octanol–water partition coefficient (Wildman–Crippen LogP) is 1.13. The molecule has 0 amide bonds. The van der Waals surface area contributed by atoms with E-state index in [4.69, 9.17) is 16.6 Å². The Hall–Kier alpha value is -0.430. The van der Waals surface area contributed by atoms with Crippen LogP contribution in [0, 0.1) is 0 Å². The molecule has 1 unspecified atom stereocenters. The molecule has 5 N–H and O–H groups in total. The second-order valence-corrected chi connectivity index (χ2v) is 2.46. The number of rotatable bonds is 5. The van der Waals surface area contributed by atoms with Gasteiger partial charge in [0.2, 0.25) is 0 Å². The zero-order chi connectivity index (χ0) is 10.4. The van der Waals surface area contributed by atoms with Crippen molar-refractivity contribution < 1.29 is 18.7 Å². The van der Waals surface area contributed by atoms with Gasteiger partial charge in [-0.1, -0.05) is 0 Å². The number of halogens is 4. The molecule has 0 aliphatic rings. The van der Waals surface area contributed by atoms with Crippen LogP contribution in [0.15, 0.2) is 11.7 Å². The van der Waals surface area contributed by atoms with Gasteiger partial charge in [-0.25, -0.2) is 8.78 Å². The molecule has 0 radical (unpaired) electrons. The molecule has 92 valence electrons. The molecular weight excluding hydrogens is 253 g/mol. The Balaban J connectivity index is -0.000000720. The third-order valence-corrected chi connectivity index (χ3v) is 1.40. The molecule has 0 aromatic carbocycles. The maximum atomic E-state index is 12.7. The first kappa shape index (κ1) is 20.0. The number of nitrogens with two attached hydrogens (primary N) is 2. The van der Waals surface area contributed by atoms with E-state index in [9.17, 15) is 13.6 Å². The minimum absolute atomic E-state index is 0. The van der Waals surface area contributed by atoms with Crippen LogP contribution in [0.2, 0.25) is 0 Å². The Bertz CT molecular complexity index is 227. The number of allylic oxidation sites excluding steroid dienone is 1. The van der Waals surface area contributed by atoms with Gasteiger partial charge in [-0.3, -0.25) is 4.79 Å². The summed E-state index contributed by atoms with van der Waals surface area (Å²) in [5, 5.41) is 8.24. The Morgan fingerprint density at radius 2 is 1.80 bits per heavy atom. The standard InChI is InChI=1S/C7H12F2N2O2.2ClH/c8-4(2-1-3-10)5(9)6(11)7(12)13;;/h6H,1-3,10-11H2,(H,12,13);2*1H/b5-4+;;. The Morgan fingerprint density at radius 3 is 2.13 bits per heavy atom. The van der Waals surface area contributed by atoms with Crippen LogP contribution in [0.5, 0.6) is 0 Å². The summed E-state index contributed by atoms with van der Waals surface area (Å²) in [4.78, 5) is 10.1. The molecule has 0 aromatic rings. The van der Waals surface area contributed by atoms with Crippen molar-refractivity contribution in [2.24, 2.45) is 11.5 Å². The molecule has 0 bridgehead atoms. The fourth-order valence-electron chi connectivity index (χ4n) is 0.654. The number of carboxylic acid groups (broad SMARTS) is 1. The molecule has 4 nitrogen and oxygen atoms in total. The van der Waals surface area contributed by atoms with Crippen LogP contribution in [-0.2, 0) is 4.79 Å². The highest BCUT2D eigenvalue weighted by molar-refractivity contribution is 5.85. The first-order valence-corrected chi connectivity index (χ1v) is 3.73. The lowest BCUT2D eigenvalue weighted by molar-refractivity contribution is -0.138. The van der Waals surface area contributed by atoms with Gasteiger partial charge in [0.05, 0.1) is 0 Å². The summed E-state index contributed by atoms with van der Waals surface area (Å²) in [6, 6.07) is -1.92. The lowest BCUT2D eigenvalue weighted by Crippen LogP contribution is -2.31. The molecule has 1 atom stereocenters. The first-order chi connectivity index (χ1) is 6.00. The van der Waals surface area contributed by atoms with Crippen molar-refractivity contribution in [2.45, 2.75) is 18.9 Å². The summed E-state index contributed by atoms with van der Waals surface area (Å²) in [7, 11) is 0. The fraction of sp³-hybridized carbons (Fsp3) is 0.571. The average molecular weight is 267 g/mol. The van der Waals surface area contributed by atoms with E-state index in [2.05, 4.69) is 0 Å². The topological polar surface area (TPSA) is 89.3 Å². The Labute approximate surface area is 98.5 Å². The number of aliphatic carboxylic acids is 1. The highest BCUT2D eigenvalue weighted by Gasteiger charge is 2.21. The van der Waals surface area contributed by atoms with Crippen molar-refractivity contribution in [2.75, 3.05) is 6.54 Å². The van der Waals surface area contributed by atoms with E-state index in [0.29, 0.717) is 0 Å². The van der Waals surface area contributed by atoms with Crippen molar-refractivity contribution in [3.05, 3.63) is 11.7 Å². The van der Waals surface area contributed by atoms with Gasteiger partial charge in [0.25, 0.3) is 0 Å². The summed E-state index contributed by atoms with van der Waals surface area (Å²) < 4.78 is 25.4. The van der Waals surface area contributed by atoms with Gasteiger partial charge in [-0.2, -0.15) is 0 Å². The molecule has 8 heteroatoms. The number of carboxylic acids is 1. The van der Waals surface area contributed by atoms with Gasteiger partial charge < -0.3 is 16.6 Å². The maximum Gasteiger partial charge on any atom is 0.327 e. The monoisotopic (exact) mass is 266 g/mol. The van der Waals surface area contributed by atoms with Gasteiger partial charge in [0.1, 0.15) is 5.83 Å². The van der Waals surface area contributed by atoms with Crippen LogP contribution in [0.1, 0.15) is 12.8 Å². The van der Waals surface area contributed by atoms with Gasteiger partial charge >= 0.3 is 5.97 Å². The summed E-state index contributed by atoms with van der Waals surface area (Å²) in [5.41, 5.74) is 9.88. The maximum absolute atomic E-state index is 12.7. The highest BCUT2D eigenvalue weighted by Crippen LogP contribution is 2.16. The molecule has 0 rings (SSSR count). The molecule has 0 aliphatic carbocycles. The van der Waals surface area contributed by atoms with Gasteiger partial charge in [0.15, 0.2) is 11.9 Å². The van der Waals surface area contributed by atoms with E-state index >= 15 is 0 Å². The number of carbonyl (C=O) groups is 1. The van der Waals surface area contributed by atoms with E-state index < -0.39 is 23.7 Å². The molecule has 0 aliphatic heterocycles. The molecule has 0 saturated heterocycles. The number of hydrogen-bond acceptors (Lipinski definition) is 3. The number of hydrogen-bond donors (Lipinski definition) is 3. The van der Waals surface area contributed by atoms with E-state index in [0.717, 1.165) is 0 Å². The average Bonchev–Trinajstić information content (AvgIpc) is 2.11. The minimum Gasteiger partial charge on any atom is -0.480 e. The van der Waals surface area contributed by atoms with Crippen molar-refractivity contribution >= 4 is 30.8 Å². The van der Waals surface area contributed by atoms with Gasteiger partial charge in [-0.05, 0) is 13.0 Å². The molecule has 0 spiro atoms. The summed E-state index contributed by atoms with van der Waals surface area (Å²) in [5.74, 6) is -4.17. The van der Waals surface area contributed by atoms with E-state index in [1.54, 1.807) is 0 Å². The van der Waals surface area contributed by atoms with Crippen molar-refractivity contribution in [1.82, 2.24) is 0 Å². The zero-order valence-corrected chi connectivity index (χ0v) is 9.41. The van der Waals surface area contributed by atoms with E-state index in [1.165, 1.54) is 0 Å². The normalized spacial score (nSPS) is 13.1. The molecule has 0 fully saturated rings. The molecule has 15 heavy (non-hydrogen) atoms. The smallest absolute Gasteiger partial charge is 0.327 e. The van der Waals surface area contributed by atoms with Crippen molar-refractivity contribution in [3.8, 4) is 0 Å². The lowest BCUT2D eigenvalue weighted by Gasteiger charge is -2.04. The quantitative estimate of drug-likeness (QED) is 0.696. The second-order valence-electron chi connectivity index (χ2n) is 2.46. The second kappa shape index (κ2) is 10.1. The largest absolute Gasteiger partial charge is 0.480 e.